The lowest BCUT2D eigenvalue weighted by Gasteiger charge is -2.05. The van der Waals surface area contributed by atoms with E-state index in [-0.39, 0.29) is 11.6 Å². The van der Waals surface area contributed by atoms with Gasteiger partial charge in [-0.25, -0.2) is 0 Å². The third-order valence-electron chi connectivity index (χ3n) is 5.21. The molecule has 0 bridgehead atoms. The van der Waals surface area contributed by atoms with Crippen LogP contribution in [0.2, 0.25) is 0 Å². The molecule has 2 heterocycles. The number of carbonyl (C=O) groups is 2. The van der Waals surface area contributed by atoms with Gasteiger partial charge in [-0.05, 0) is 38.7 Å². The third-order valence-corrected chi connectivity index (χ3v) is 7.58. The number of aryl methyl sites for hydroxylation is 2. The van der Waals surface area contributed by atoms with Crippen molar-refractivity contribution in [2.24, 2.45) is 7.05 Å². The zero-order chi connectivity index (χ0) is 20.5. The summed E-state index contributed by atoms with van der Waals surface area (Å²) in [6.07, 6.45) is 3.43. The molecule has 150 valence electrons. The molecule has 0 unspecified atom stereocenters. The van der Waals surface area contributed by atoms with E-state index in [4.69, 9.17) is 0 Å². The maximum atomic E-state index is 12.6. The van der Waals surface area contributed by atoms with E-state index in [1.54, 1.807) is 18.3 Å². The Labute approximate surface area is 178 Å². The van der Waals surface area contributed by atoms with E-state index in [0.29, 0.717) is 12.2 Å². The van der Waals surface area contributed by atoms with Gasteiger partial charge < -0.3 is 4.57 Å². The topological polar surface area (TPSA) is 64.8 Å². The number of hydrogen-bond acceptors (Lipinski definition) is 6. The van der Waals surface area contributed by atoms with E-state index < -0.39 is 0 Å². The van der Waals surface area contributed by atoms with E-state index in [0.717, 1.165) is 46.2 Å². The summed E-state index contributed by atoms with van der Waals surface area (Å²) in [5.74, 6) is 1.29. The van der Waals surface area contributed by atoms with E-state index in [1.165, 1.54) is 27.8 Å². The first-order valence-electron chi connectivity index (χ1n) is 9.69. The summed E-state index contributed by atoms with van der Waals surface area (Å²) >= 11 is 3.05. The lowest BCUT2D eigenvalue weighted by Crippen LogP contribution is -2.09. The van der Waals surface area contributed by atoms with Crippen molar-refractivity contribution in [2.45, 2.75) is 44.7 Å². The smallest absolute Gasteiger partial charge is 0.191 e. The van der Waals surface area contributed by atoms with Crippen molar-refractivity contribution in [1.82, 2.24) is 14.8 Å². The monoisotopic (exact) mass is 425 g/mol. The van der Waals surface area contributed by atoms with Gasteiger partial charge in [0.25, 0.3) is 0 Å². The van der Waals surface area contributed by atoms with Crippen molar-refractivity contribution < 1.29 is 9.59 Å². The Morgan fingerprint density at radius 2 is 1.93 bits per heavy atom. The quantitative estimate of drug-likeness (QED) is 0.413. The zero-order valence-corrected chi connectivity index (χ0v) is 18.5. The Hall–Kier alpha value is -2.25. The van der Waals surface area contributed by atoms with Crippen LogP contribution >= 0.6 is 23.1 Å². The number of nitrogens with zero attached hydrogens (tertiary/aromatic N) is 3. The Kier molecular flexibility index (Phi) is 5.69. The van der Waals surface area contributed by atoms with Crippen LogP contribution in [0.3, 0.4) is 0 Å². The fourth-order valence-corrected chi connectivity index (χ4v) is 6.01. The second-order valence-electron chi connectivity index (χ2n) is 7.45. The maximum Gasteiger partial charge on any atom is 0.191 e. The van der Waals surface area contributed by atoms with Gasteiger partial charge in [-0.2, -0.15) is 0 Å². The molecule has 0 amide bonds. The molecule has 7 heteroatoms. The van der Waals surface area contributed by atoms with E-state index >= 15 is 0 Å². The molecular formula is C22H23N3O2S2. The van der Waals surface area contributed by atoms with Crippen molar-refractivity contribution in [3.05, 3.63) is 50.7 Å². The highest BCUT2D eigenvalue weighted by atomic mass is 32.2. The van der Waals surface area contributed by atoms with Gasteiger partial charge in [-0.15, -0.1) is 21.5 Å². The molecule has 0 fully saturated rings. The standard InChI is InChI=1S/C22H23N3O2S2/c1-13-7-9-15(10-8-13)21-23-24-22(25(21)3)28-12-16(27)11-19-20(14(2)26)17-5-4-6-18(17)29-19/h7-10H,4-6,11-12H2,1-3H3. The van der Waals surface area contributed by atoms with Crippen LogP contribution < -0.4 is 0 Å². The molecule has 4 rings (SSSR count). The summed E-state index contributed by atoms with van der Waals surface area (Å²) in [4.78, 5) is 27.0. The van der Waals surface area contributed by atoms with Gasteiger partial charge in [-0.1, -0.05) is 41.6 Å². The molecule has 0 atom stereocenters. The van der Waals surface area contributed by atoms with Crippen LogP contribution in [0, 0.1) is 6.92 Å². The van der Waals surface area contributed by atoms with Crippen molar-refractivity contribution in [1.29, 1.82) is 0 Å². The molecule has 3 aromatic rings. The van der Waals surface area contributed by atoms with Crippen molar-refractivity contribution in [3.8, 4) is 11.4 Å². The number of Topliss-reactive ketones (excluding diaryl/α,β-unsaturated/α-hetero) is 2. The normalized spacial score (nSPS) is 12.9. The summed E-state index contributed by atoms with van der Waals surface area (Å²) < 4.78 is 1.92. The molecule has 0 radical (unpaired) electrons. The minimum absolute atomic E-state index is 0.0795. The molecule has 0 saturated heterocycles. The number of hydrogen-bond donors (Lipinski definition) is 0. The molecule has 1 aliphatic carbocycles. The van der Waals surface area contributed by atoms with E-state index in [1.807, 2.05) is 42.8 Å². The number of aromatic nitrogens is 3. The largest absolute Gasteiger partial charge is 0.305 e. The molecular weight excluding hydrogens is 402 g/mol. The Balaban J connectivity index is 1.43. The number of carbonyl (C=O) groups excluding carboxylic acids is 2. The summed E-state index contributed by atoms with van der Waals surface area (Å²) in [7, 11) is 1.92. The first kappa shape index (κ1) is 20.0. The SMILES string of the molecule is CC(=O)c1c(CC(=O)CSc2nnc(-c3ccc(C)cc3)n2C)sc2c1CCC2. The Bertz CT molecular complexity index is 1080. The number of thioether (sulfide) groups is 1. The molecule has 2 aromatic heterocycles. The van der Waals surface area contributed by atoms with Crippen LogP contribution in [0.1, 0.15) is 44.6 Å². The molecule has 1 aliphatic rings. The highest BCUT2D eigenvalue weighted by Gasteiger charge is 2.25. The van der Waals surface area contributed by atoms with Crippen LogP contribution in [0.25, 0.3) is 11.4 Å². The summed E-state index contributed by atoms with van der Waals surface area (Å²) in [6.45, 7) is 3.66. The number of thiophene rings is 1. The molecule has 5 nitrogen and oxygen atoms in total. The molecule has 0 aliphatic heterocycles. The first-order valence-corrected chi connectivity index (χ1v) is 11.5. The lowest BCUT2D eigenvalue weighted by atomic mass is 10.0. The van der Waals surface area contributed by atoms with Gasteiger partial charge in [0, 0.05) is 34.3 Å². The highest BCUT2D eigenvalue weighted by molar-refractivity contribution is 7.99. The summed E-state index contributed by atoms with van der Waals surface area (Å²) in [5.41, 5.74) is 4.19. The van der Waals surface area contributed by atoms with Crippen LogP contribution in [-0.2, 0) is 31.1 Å². The van der Waals surface area contributed by atoms with Gasteiger partial charge in [0.2, 0.25) is 0 Å². The molecule has 0 spiro atoms. The van der Waals surface area contributed by atoms with Gasteiger partial charge in [0.1, 0.15) is 5.78 Å². The van der Waals surface area contributed by atoms with Crippen LogP contribution in [0.15, 0.2) is 29.4 Å². The number of benzene rings is 1. The lowest BCUT2D eigenvalue weighted by molar-refractivity contribution is -0.115. The number of rotatable bonds is 7. The van der Waals surface area contributed by atoms with Crippen LogP contribution in [0.4, 0.5) is 0 Å². The van der Waals surface area contributed by atoms with E-state index in [2.05, 4.69) is 10.2 Å². The van der Waals surface area contributed by atoms with Crippen molar-refractivity contribution in [3.63, 3.8) is 0 Å². The third kappa shape index (κ3) is 4.07. The molecule has 29 heavy (non-hydrogen) atoms. The van der Waals surface area contributed by atoms with E-state index in [9.17, 15) is 9.59 Å². The summed E-state index contributed by atoms with van der Waals surface area (Å²) in [5, 5.41) is 9.26. The fourth-order valence-electron chi connectivity index (χ4n) is 3.76. The van der Waals surface area contributed by atoms with Crippen LogP contribution in [-0.4, -0.2) is 32.1 Å². The Morgan fingerprint density at radius 1 is 1.17 bits per heavy atom. The van der Waals surface area contributed by atoms with Crippen molar-refractivity contribution >= 4 is 34.7 Å². The Morgan fingerprint density at radius 3 is 2.66 bits per heavy atom. The molecule has 0 saturated carbocycles. The average Bonchev–Trinajstić information content (AvgIpc) is 3.35. The fraction of sp³-hybridized carbons (Fsp3) is 0.364. The number of fused-ring (bicyclic) bond motifs is 1. The minimum Gasteiger partial charge on any atom is -0.305 e. The van der Waals surface area contributed by atoms with Crippen LogP contribution in [0.5, 0.6) is 0 Å². The zero-order valence-electron chi connectivity index (χ0n) is 16.8. The minimum atomic E-state index is 0.0795. The molecule has 0 N–H and O–H groups in total. The predicted octanol–water partition coefficient (Wildman–Crippen LogP) is 4.45. The highest BCUT2D eigenvalue weighted by Crippen LogP contribution is 2.36. The van der Waals surface area contributed by atoms with Gasteiger partial charge in [-0.3, -0.25) is 9.59 Å². The van der Waals surface area contributed by atoms with Crippen molar-refractivity contribution in [2.75, 3.05) is 5.75 Å². The van der Waals surface area contributed by atoms with Gasteiger partial charge in [0.05, 0.1) is 5.75 Å². The number of ketones is 2. The predicted molar refractivity (Wildman–Crippen MR) is 117 cm³/mol. The second-order valence-corrected chi connectivity index (χ2v) is 9.58. The summed E-state index contributed by atoms with van der Waals surface area (Å²) in [6, 6.07) is 8.15. The second kappa shape index (κ2) is 8.24. The average molecular weight is 426 g/mol. The first-order chi connectivity index (χ1) is 13.9. The molecule has 1 aromatic carbocycles. The van der Waals surface area contributed by atoms with Gasteiger partial charge in [0.15, 0.2) is 16.8 Å². The maximum absolute atomic E-state index is 12.6. The van der Waals surface area contributed by atoms with Gasteiger partial charge >= 0.3 is 0 Å².